The maximum atomic E-state index is 5.69. The lowest BCUT2D eigenvalue weighted by Gasteiger charge is -1.99. The van der Waals surface area contributed by atoms with Crippen molar-refractivity contribution in [2.75, 3.05) is 0 Å². The summed E-state index contributed by atoms with van der Waals surface area (Å²) in [6.45, 7) is 0. The molecule has 0 aliphatic carbocycles. The molecule has 0 unspecified atom stereocenters. The summed E-state index contributed by atoms with van der Waals surface area (Å²) in [5, 5.41) is 0.591. The number of halogens is 3. The molecule has 0 saturated carbocycles. The zero-order chi connectivity index (χ0) is 10.8. The summed E-state index contributed by atoms with van der Waals surface area (Å²) in [6.07, 6.45) is 1.49. The molecular formula is C8H3Cl3N4. The van der Waals surface area contributed by atoms with Crippen molar-refractivity contribution in [1.82, 2.24) is 19.9 Å². The molecule has 0 radical (unpaired) electrons. The van der Waals surface area contributed by atoms with Crippen LogP contribution in [0, 0.1) is 0 Å². The second-order valence-electron chi connectivity index (χ2n) is 2.56. The minimum absolute atomic E-state index is 0.0294. The van der Waals surface area contributed by atoms with Crippen LogP contribution in [0.3, 0.4) is 0 Å². The molecule has 0 aromatic carbocycles. The van der Waals surface area contributed by atoms with Crippen LogP contribution in [0.1, 0.15) is 0 Å². The number of hydrogen-bond acceptors (Lipinski definition) is 4. The molecule has 0 bridgehead atoms. The monoisotopic (exact) mass is 260 g/mol. The largest absolute Gasteiger partial charge is 0.251 e. The number of rotatable bonds is 1. The molecule has 4 nitrogen and oxygen atoms in total. The fourth-order valence-corrected chi connectivity index (χ4v) is 1.42. The van der Waals surface area contributed by atoms with Crippen LogP contribution in [-0.2, 0) is 0 Å². The smallest absolute Gasteiger partial charge is 0.227 e. The Bertz CT molecular complexity index is 465. The van der Waals surface area contributed by atoms with E-state index in [4.69, 9.17) is 34.8 Å². The van der Waals surface area contributed by atoms with Crippen LogP contribution in [0.5, 0.6) is 0 Å². The van der Waals surface area contributed by atoms with Crippen molar-refractivity contribution in [2.45, 2.75) is 0 Å². The topological polar surface area (TPSA) is 51.6 Å². The highest BCUT2D eigenvalue weighted by Crippen LogP contribution is 2.17. The molecule has 2 heterocycles. The Hall–Kier alpha value is -0.970. The van der Waals surface area contributed by atoms with Crippen molar-refractivity contribution in [3.8, 4) is 11.5 Å². The first-order valence-corrected chi connectivity index (χ1v) is 4.97. The second-order valence-corrected chi connectivity index (χ2v) is 3.67. The van der Waals surface area contributed by atoms with Gasteiger partial charge in [-0.25, -0.2) is 0 Å². The summed E-state index contributed by atoms with van der Waals surface area (Å²) in [5.74, 6) is 0.316. The van der Waals surface area contributed by atoms with E-state index in [1.807, 2.05) is 0 Å². The van der Waals surface area contributed by atoms with E-state index in [0.717, 1.165) is 0 Å². The number of nitrogens with zero attached hydrogens (tertiary/aromatic N) is 4. The minimum atomic E-state index is 0.0294. The van der Waals surface area contributed by atoms with Gasteiger partial charge in [0.2, 0.25) is 10.6 Å². The predicted molar refractivity (Wildman–Crippen MR) is 58.1 cm³/mol. The maximum Gasteiger partial charge on any atom is 0.227 e. The van der Waals surface area contributed by atoms with Gasteiger partial charge in [0.15, 0.2) is 5.82 Å². The molecule has 2 rings (SSSR count). The molecule has 0 aliphatic heterocycles. The van der Waals surface area contributed by atoms with Crippen molar-refractivity contribution in [1.29, 1.82) is 0 Å². The van der Waals surface area contributed by atoms with Crippen LogP contribution in [0.4, 0.5) is 0 Å². The summed E-state index contributed by atoms with van der Waals surface area (Å²) in [4.78, 5) is 15.4. The summed E-state index contributed by atoms with van der Waals surface area (Å²) >= 11 is 17.0. The number of hydrogen-bond donors (Lipinski definition) is 0. The fraction of sp³-hybridized carbons (Fsp3) is 0. The highest BCUT2D eigenvalue weighted by atomic mass is 35.5. The van der Waals surface area contributed by atoms with Crippen LogP contribution in [0.2, 0.25) is 15.6 Å². The molecule has 2 aromatic heterocycles. The molecule has 0 aliphatic rings. The highest BCUT2D eigenvalue weighted by molar-refractivity contribution is 6.31. The SMILES string of the molecule is Clc1ccc(-c2nc(Cl)nc(Cl)n2)nc1. The standard InChI is InChI=1S/C8H3Cl3N4/c9-4-1-2-5(12-3-4)6-13-7(10)15-8(11)14-6/h1-3H. The third-order valence-corrected chi connectivity index (χ3v) is 2.10. The van der Waals surface area contributed by atoms with Crippen molar-refractivity contribution < 1.29 is 0 Å². The van der Waals surface area contributed by atoms with Gasteiger partial charge in [-0.2, -0.15) is 15.0 Å². The van der Waals surface area contributed by atoms with E-state index in [-0.39, 0.29) is 10.6 Å². The van der Waals surface area contributed by atoms with Crippen LogP contribution < -0.4 is 0 Å². The Balaban J connectivity index is 2.49. The third kappa shape index (κ3) is 2.53. The van der Waals surface area contributed by atoms with Gasteiger partial charge < -0.3 is 0 Å². The zero-order valence-electron chi connectivity index (χ0n) is 7.15. The number of pyridine rings is 1. The zero-order valence-corrected chi connectivity index (χ0v) is 9.42. The molecule has 0 atom stereocenters. The Morgan fingerprint density at radius 3 is 2.07 bits per heavy atom. The normalized spacial score (nSPS) is 10.3. The van der Waals surface area contributed by atoms with E-state index < -0.39 is 0 Å². The van der Waals surface area contributed by atoms with Gasteiger partial charge in [0.25, 0.3) is 0 Å². The average Bonchev–Trinajstić information content (AvgIpc) is 2.17. The van der Waals surface area contributed by atoms with Crippen LogP contribution in [0.25, 0.3) is 11.5 Å². The van der Waals surface area contributed by atoms with Gasteiger partial charge in [0.1, 0.15) is 5.69 Å². The molecule has 0 saturated heterocycles. The molecule has 15 heavy (non-hydrogen) atoms. The Morgan fingerprint density at radius 1 is 0.867 bits per heavy atom. The molecule has 0 amide bonds. The Labute approximate surface area is 100 Å². The van der Waals surface area contributed by atoms with E-state index in [2.05, 4.69) is 19.9 Å². The molecule has 7 heteroatoms. The van der Waals surface area contributed by atoms with Gasteiger partial charge in [0.05, 0.1) is 5.02 Å². The summed E-state index contributed by atoms with van der Waals surface area (Å²) in [5.41, 5.74) is 0.533. The van der Waals surface area contributed by atoms with Crippen molar-refractivity contribution >= 4 is 34.8 Å². The summed E-state index contributed by atoms with van der Waals surface area (Å²) in [6, 6.07) is 3.35. The lowest BCUT2D eigenvalue weighted by Crippen LogP contribution is -1.95. The molecule has 76 valence electrons. The quantitative estimate of drug-likeness (QED) is 0.792. The van der Waals surface area contributed by atoms with Crippen LogP contribution in [-0.4, -0.2) is 19.9 Å². The molecular weight excluding hydrogens is 258 g/mol. The second kappa shape index (κ2) is 4.26. The van der Waals surface area contributed by atoms with E-state index in [1.54, 1.807) is 12.1 Å². The first-order chi connectivity index (χ1) is 7.15. The molecule has 2 aromatic rings. The lowest BCUT2D eigenvalue weighted by molar-refractivity contribution is 1.04. The van der Waals surface area contributed by atoms with E-state index in [0.29, 0.717) is 16.5 Å². The Morgan fingerprint density at radius 2 is 1.53 bits per heavy atom. The van der Waals surface area contributed by atoms with Crippen molar-refractivity contribution in [3.63, 3.8) is 0 Å². The average molecular weight is 261 g/mol. The van der Waals surface area contributed by atoms with Crippen LogP contribution >= 0.6 is 34.8 Å². The summed E-state index contributed by atoms with van der Waals surface area (Å²) in [7, 11) is 0. The van der Waals surface area contributed by atoms with Gasteiger partial charge in [-0.15, -0.1) is 0 Å². The van der Waals surface area contributed by atoms with Gasteiger partial charge in [-0.05, 0) is 35.3 Å². The van der Waals surface area contributed by atoms with Gasteiger partial charge in [-0.3, -0.25) is 4.98 Å². The molecule has 0 spiro atoms. The van der Waals surface area contributed by atoms with Gasteiger partial charge in [0, 0.05) is 6.20 Å². The first kappa shape index (κ1) is 10.5. The highest BCUT2D eigenvalue weighted by Gasteiger charge is 2.06. The van der Waals surface area contributed by atoms with Crippen molar-refractivity contribution in [2.24, 2.45) is 0 Å². The lowest BCUT2D eigenvalue weighted by atomic mass is 10.3. The van der Waals surface area contributed by atoms with Crippen LogP contribution in [0.15, 0.2) is 18.3 Å². The predicted octanol–water partition coefficient (Wildman–Crippen LogP) is 2.89. The van der Waals surface area contributed by atoms with E-state index in [9.17, 15) is 0 Å². The third-order valence-electron chi connectivity index (χ3n) is 1.54. The van der Waals surface area contributed by atoms with Gasteiger partial charge in [-0.1, -0.05) is 11.6 Å². The van der Waals surface area contributed by atoms with Gasteiger partial charge >= 0.3 is 0 Å². The maximum absolute atomic E-state index is 5.69. The van der Waals surface area contributed by atoms with E-state index in [1.165, 1.54) is 6.20 Å². The molecule has 0 N–H and O–H groups in total. The van der Waals surface area contributed by atoms with E-state index >= 15 is 0 Å². The fourth-order valence-electron chi connectivity index (χ4n) is 0.949. The van der Waals surface area contributed by atoms with Crippen molar-refractivity contribution in [3.05, 3.63) is 33.9 Å². The number of aromatic nitrogens is 4. The summed E-state index contributed by atoms with van der Waals surface area (Å²) < 4.78 is 0. The Kier molecular flexibility index (Phi) is 3.00. The first-order valence-electron chi connectivity index (χ1n) is 3.84. The minimum Gasteiger partial charge on any atom is -0.251 e. The molecule has 0 fully saturated rings.